The van der Waals surface area contributed by atoms with Crippen LogP contribution in [-0.2, 0) is 16.1 Å². The molecule has 6 nitrogen and oxygen atoms in total. The Hall–Kier alpha value is -4.75. The number of fused-ring (bicyclic) bond motifs is 2. The van der Waals surface area contributed by atoms with E-state index in [0.717, 1.165) is 27.5 Å². The van der Waals surface area contributed by atoms with E-state index in [4.69, 9.17) is 14.5 Å². The van der Waals surface area contributed by atoms with Gasteiger partial charge in [-0.1, -0.05) is 102 Å². The van der Waals surface area contributed by atoms with Gasteiger partial charge in [0.15, 0.2) is 4.80 Å². The minimum absolute atomic E-state index is 0.223. The molecule has 0 N–H and O–H groups in total. The summed E-state index contributed by atoms with van der Waals surface area (Å²) in [7, 11) is 0. The summed E-state index contributed by atoms with van der Waals surface area (Å²) in [5, 5.41) is 1.99. The number of carbonyl (C=O) groups excluding carboxylic acids is 1. The molecule has 0 spiro atoms. The lowest BCUT2D eigenvalue weighted by molar-refractivity contribution is -0.139. The molecule has 2 heterocycles. The first-order valence-corrected chi connectivity index (χ1v) is 14.3. The summed E-state index contributed by atoms with van der Waals surface area (Å²) in [6.45, 7) is 4.21. The summed E-state index contributed by atoms with van der Waals surface area (Å²) in [5.74, 6) is 0.205. The molecular formula is C34H28N2O4S. The van der Waals surface area contributed by atoms with Gasteiger partial charge in [-0.15, -0.1) is 0 Å². The van der Waals surface area contributed by atoms with Gasteiger partial charge in [0, 0.05) is 5.56 Å². The molecule has 0 amide bonds. The molecule has 0 unspecified atom stereocenters. The lowest BCUT2D eigenvalue weighted by atomic mass is 9.91. The first kappa shape index (κ1) is 26.5. The van der Waals surface area contributed by atoms with Gasteiger partial charge in [-0.25, -0.2) is 9.79 Å². The van der Waals surface area contributed by atoms with Crippen molar-refractivity contribution in [1.29, 1.82) is 0 Å². The second-order valence-electron chi connectivity index (χ2n) is 9.68. The second kappa shape index (κ2) is 11.4. The molecule has 4 aromatic carbocycles. The van der Waals surface area contributed by atoms with Crippen LogP contribution < -0.4 is 19.6 Å². The molecule has 6 rings (SSSR count). The number of esters is 1. The molecule has 0 radical (unpaired) electrons. The molecule has 5 aromatic rings. The monoisotopic (exact) mass is 560 g/mol. The van der Waals surface area contributed by atoms with Crippen LogP contribution in [0.25, 0.3) is 16.8 Å². The van der Waals surface area contributed by atoms with Gasteiger partial charge in [-0.2, -0.15) is 0 Å². The number of hydrogen-bond acceptors (Lipinski definition) is 6. The number of carbonyl (C=O) groups is 1. The molecule has 1 aliphatic heterocycles. The van der Waals surface area contributed by atoms with E-state index in [9.17, 15) is 9.59 Å². The van der Waals surface area contributed by atoms with Gasteiger partial charge in [0.1, 0.15) is 12.4 Å². The molecule has 0 saturated carbocycles. The minimum atomic E-state index is -0.678. The quantitative estimate of drug-likeness (QED) is 0.246. The number of rotatable bonds is 7. The van der Waals surface area contributed by atoms with Crippen LogP contribution in [0.4, 0.5) is 0 Å². The van der Waals surface area contributed by atoms with E-state index in [0.29, 0.717) is 33.0 Å². The van der Waals surface area contributed by atoms with Crippen molar-refractivity contribution >= 4 is 34.2 Å². The Morgan fingerprint density at radius 3 is 2.51 bits per heavy atom. The van der Waals surface area contributed by atoms with E-state index in [2.05, 4.69) is 0 Å². The van der Waals surface area contributed by atoms with Crippen molar-refractivity contribution in [1.82, 2.24) is 4.57 Å². The van der Waals surface area contributed by atoms with Crippen LogP contribution in [0.5, 0.6) is 5.75 Å². The van der Waals surface area contributed by atoms with E-state index >= 15 is 0 Å². The van der Waals surface area contributed by atoms with E-state index in [1.165, 1.54) is 11.3 Å². The first-order valence-electron chi connectivity index (χ1n) is 13.5. The number of allylic oxidation sites excluding steroid dienone is 1. The predicted octanol–water partition coefficient (Wildman–Crippen LogP) is 5.53. The maximum absolute atomic E-state index is 14.1. The molecular weight excluding hydrogens is 532 g/mol. The molecule has 0 saturated heterocycles. The Morgan fingerprint density at radius 2 is 1.68 bits per heavy atom. The van der Waals surface area contributed by atoms with Gasteiger partial charge < -0.3 is 9.47 Å². The van der Waals surface area contributed by atoms with Crippen molar-refractivity contribution in [3.05, 3.63) is 145 Å². The van der Waals surface area contributed by atoms with E-state index < -0.39 is 12.0 Å². The average molecular weight is 561 g/mol. The maximum atomic E-state index is 14.1. The van der Waals surface area contributed by atoms with E-state index in [1.54, 1.807) is 18.4 Å². The third-order valence-electron chi connectivity index (χ3n) is 7.08. The normalized spacial score (nSPS) is 15.0. The van der Waals surface area contributed by atoms with Crippen LogP contribution >= 0.6 is 11.3 Å². The fourth-order valence-corrected chi connectivity index (χ4v) is 6.22. The molecule has 1 aliphatic rings. The zero-order valence-corrected chi connectivity index (χ0v) is 23.6. The molecule has 41 heavy (non-hydrogen) atoms. The summed E-state index contributed by atoms with van der Waals surface area (Å²) in [4.78, 5) is 32.7. The van der Waals surface area contributed by atoms with E-state index in [-0.39, 0.29) is 12.2 Å². The highest BCUT2D eigenvalue weighted by Gasteiger charge is 2.34. The van der Waals surface area contributed by atoms with Gasteiger partial charge in [0.2, 0.25) is 0 Å². The van der Waals surface area contributed by atoms with Crippen LogP contribution in [-0.4, -0.2) is 17.1 Å². The Morgan fingerprint density at radius 1 is 0.951 bits per heavy atom. The topological polar surface area (TPSA) is 69.9 Å². The smallest absolute Gasteiger partial charge is 0.338 e. The van der Waals surface area contributed by atoms with Crippen molar-refractivity contribution in [3.8, 4) is 5.75 Å². The van der Waals surface area contributed by atoms with Crippen LogP contribution in [0.1, 0.15) is 36.6 Å². The summed E-state index contributed by atoms with van der Waals surface area (Å²) < 4.78 is 13.7. The Balaban J connectivity index is 1.50. The van der Waals surface area contributed by atoms with Gasteiger partial charge in [-0.3, -0.25) is 9.36 Å². The van der Waals surface area contributed by atoms with Crippen molar-refractivity contribution < 1.29 is 14.3 Å². The number of hydrogen-bond donors (Lipinski definition) is 0. The number of ether oxygens (including phenoxy) is 2. The lowest BCUT2D eigenvalue weighted by Crippen LogP contribution is -2.40. The molecule has 0 fully saturated rings. The zero-order valence-electron chi connectivity index (χ0n) is 22.7. The zero-order chi connectivity index (χ0) is 28.3. The largest absolute Gasteiger partial charge is 0.488 e. The Kier molecular flexibility index (Phi) is 7.35. The third-order valence-corrected chi connectivity index (χ3v) is 8.06. The van der Waals surface area contributed by atoms with Crippen molar-refractivity contribution in [2.75, 3.05) is 6.61 Å². The summed E-state index contributed by atoms with van der Waals surface area (Å²) >= 11 is 1.30. The van der Waals surface area contributed by atoms with Crippen molar-refractivity contribution in [2.45, 2.75) is 26.5 Å². The molecule has 7 heteroatoms. The Bertz CT molecular complexity index is 1970. The highest BCUT2D eigenvalue weighted by atomic mass is 32.1. The predicted molar refractivity (Wildman–Crippen MR) is 162 cm³/mol. The number of para-hydroxylation sites is 1. The van der Waals surface area contributed by atoms with Crippen molar-refractivity contribution in [3.63, 3.8) is 0 Å². The van der Waals surface area contributed by atoms with E-state index in [1.807, 2.05) is 103 Å². The standard InChI is InChI=1S/C34H28N2O4S/c1-3-39-33(38)30-22(2)35-34-36(31(30)27-18-11-16-24-14-7-9-17-26(24)27)32(37)29(41-34)20-25-15-8-10-19-28(25)40-21-23-12-5-4-6-13-23/h4-20,31H,3,21H2,1-2H3/b29-20+/t31-/m0/s1. The van der Waals surface area contributed by atoms with Gasteiger partial charge in [-0.05, 0) is 47.9 Å². The molecule has 1 aromatic heterocycles. The Labute approximate surface area is 241 Å². The molecule has 0 bridgehead atoms. The number of aromatic nitrogens is 1. The molecule has 0 aliphatic carbocycles. The first-order chi connectivity index (χ1) is 20.0. The van der Waals surface area contributed by atoms with Crippen LogP contribution in [0, 0.1) is 0 Å². The fraction of sp³-hybridized carbons (Fsp3) is 0.147. The SMILES string of the molecule is CCOC(=O)C1=C(C)N=c2s/c(=C/c3ccccc3OCc3ccccc3)c(=O)n2[C@H]1c1cccc2ccccc12. The number of nitrogens with zero attached hydrogens (tertiary/aromatic N) is 2. The summed E-state index contributed by atoms with van der Waals surface area (Å²) in [5.41, 5.74) is 3.38. The van der Waals surface area contributed by atoms with Gasteiger partial charge in [0.25, 0.3) is 5.56 Å². The number of thiazole rings is 1. The van der Waals surface area contributed by atoms with Crippen LogP contribution in [0.15, 0.2) is 118 Å². The minimum Gasteiger partial charge on any atom is -0.488 e. The highest BCUT2D eigenvalue weighted by molar-refractivity contribution is 7.07. The van der Waals surface area contributed by atoms with Crippen molar-refractivity contribution in [2.24, 2.45) is 4.99 Å². The average Bonchev–Trinajstić information content (AvgIpc) is 3.30. The third kappa shape index (κ3) is 5.12. The summed E-state index contributed by atoms with van der Waals surface area (Å²) in [6.07, 6.45) is 1.84. The van der Waals surface area contributed by atoms with Crippen LogP contribution in [0.2, 0.25) is 0 Å². The van der Waals surface area contributed by atoms with Crippen LogP contribution in [0.3, 0.4) is 0 Å². The molecule has 1 atom stereocenters. The fourth-order valence-electron chi connectivity index (χ4n) is 5.18. The maximum Gasteiger partial charge on any atom is 0.338 e. The summed E-state index contributed by atoms with van der Waals surface area (Å²) in [6, 6.07) is 30.8. The molecule has 204 valence electrons. The number of benzene rings is 4. The second-order valence-corrected chi connectivity index (χ2v) is 10.7. The van der Waals surface area contributed by atoms with Gasteiger partial charge >= 0.3 is 5.97 Å². The van der Waals surface area contributed by atoms with Gasteiger partial charge in [0.05, 0.1) is 28.5 Å². The lowest BCUT2D eigenvalue weighted by Gasteiger charge is -2.25. The highest BCUT2D eigenvalue weighted by Crippen LogP contribution is 2.34.